The van der Waals surface area contributed by atoms with E-state index >= 15 is 0 Å². The zero-order valence-electron chi connectivity index (χ0n) is 10.8. The van der Waals surface area contributed by atoms with E-state index in [9.17, 15) is 22.8 Å². The van der Waals surface area contributed by atoms with E-state index in [0.29, 0.717) is 0 Å². The van der Waals surface area contributed by atoms with Crippen LogP contribution in [0.5, 0.6) is 0 Å². The molecule has 2 heterocycles. The molecule has 1 amide bonds. The molecule has 0 aliphatic rings. The lowest BCUT2D eigenvalue weighted by atomic mass is 10.3. The normalized spacial score (nSPS) is 11.3. The molecule has 118 valence electrons. The minimum Gasteiger partial charge on any atom is -0.461 e. The zero-order chi connectivity index (χ0) is 16.3. The third-order valence-corrected chi connectivity index (χ3v) is 3.66. The highest BCUT2D eigenvalue weighted by molar-refractivity contribution is 7.16. The van der Waals surface area contributed by atoms with Gasteiger partial charge in [-0.3, -0.25) is 10.1 Å². The highest BCUT2D eigenvalue weighted by atomic mass is 32.1. The van der Waals surface area contributed by atoms with E-state index in [-0.39, 0.29) is 28.8 Å². The van der Waals surface area contributed by atoms with E-state index in [1.807, 2.05) is 0 Å². The summed E-state index contributed by atoms with van der Waals surface area (Å²) in [6, 6.07) is 0. The van der Waals surface area contributed by atoms with Crippen LogP contribution in [0, 0.1) is 0 Å². The fourth-order valence-electron chi connectivity index (χ4n) is 1.33. The zero-order valence-corrected chi connectivity index (χ0v) is 12.4. The van der Waals surface area contributed by atoms with Crippen LogP contribution in [0.15, 0.2) is 6.20 Å². The summed E-state index contributed by atoms with van der Waals surface area (Å²) < 4.78 is 50.5. The molecule has 0 aliphatic heterocycles. The smallest absolute Gasteiger partial charge is 0.428 e. The van der Waals surface area contributed by atoms with Crippen LogP contribution >= 0.6 is 23.1 Å². The number of halogens is 3. The molecule has 0 radical (unpaired) electrons. The van der Waals surface area contributed by atoms with Crippen molar-refractivity contribution in [2.45, 2.75) is 13.1 Å². The van der Waals surface area contributed by atoms with Gasteiger partial charge >= 0.3 is 12.1 Å². The van der Waals surface area contributed by atoms with Gasteiger partial charge in [-0.2, -0.15) is 21.9 Å². The Morgan fingerprint density at radius 3 is 2.68 bits per heavy atom. The largest absolute Gasteiger partial charge is 0.461 e. The topological polar surface area (TPSA) is 94.1 Å². The Balaban J connectivity index is 2.30. The van der Waals surface area contributed by atoms with E-state index in [1.54, 1.807) is 0 Å². The fraction of sp³-hybridized carbons (Fsp3) is 0.300. The van der Waals surface area contributed by atoms with Crippen molar-refractivity contribution in [2.24, 2.45) is 0 Å². The molecule has 0 unspecified atom stereocenters. The maximum absolute atomic E-state index is 12.9. The fourth-order valence-corrected chi connectivity index (χ4v) is 2.56. The Kier molecular flexibility index (Phi) is 4.71. The van der Waals surface area contributed by atoms with E-state index in [0.717, 1.165) is 17.9 Å². The maximum atomic E-state index is 12.9. The second kappa shape index (κ2) is 6.36. The predicted octanol–water partition coefficient (Wildman–Crippen LogP) is 2.44. The molecule has 22 heavy (non-hydrogen) atoms. The first-order valence-corrected chi connectivity index (χ1v) is 7.21. The van der Waals surface area contributed by atoms with Crippen molar-refractivity contribution in [3.8, 4) is 0 Å². The molecule has 0 fully saturated rings. The van der Waals surface area contributed by atoms with Crippen LogP contribution in [0.25, 0.3) is 0 Å². The van der Waals surface area contributed by atoms with Gasteiger partial charge < -0.3 is 4.74 Å². The molecule has 0 bridgehead atoms. The Bertz CT molecular complexity index is 684. The van der Waals surface area contributed by atoms with Crippen LogP contribution in [-0.2, 0) is 10.9 Å². The lowest BCUT2D eigenvalue weighted by molar-refractivity contribution is -0.135. The van der Waals surface area contributed by atoms with E-state index < -0.39 is 28.6 Å². The number of carbonyl (C=O) groups excluding carboxylic acids is 2. The average molecular weight is 352 g/mol. The lowest BCUT2D eigenvalue weighted by Gasteiger charge is -2.04. The summed E-state index contributed by atoms with van der Waals surface area (Å²) in [5.41, 5.74) is -0.947. The molecular formula is C10H7F3N4O3S2. The number of hydrogen-bond donors (Lipinski definition) is 1. The van der Waals surface area contributed by atoms with Crippen molar-refractivity contribution in [1.29, 1.82) is 0 Å². The third-order valence-electron chi connectivity index (χ3n) is 2.17. The highest BCUT2D eigenvalue weighted by Gasteiger charge is 2.40. The summed E-state index contributed by atoms with van der Waals surface area (Å²) in [5, 5.41) is 1.76. The lowest BCUT2D eigenvalue weighted by Crippen LogP contribution is -2.14. The summed E-state index contributed by atoms with van der Waals surface area (Å²) in [5.74, 6) is -1.98. The molecule has 0 aliphatic carbocycles. The summed E-state index contributed by atoms with van der Waals surface area (Å²) in [6.45, 7) is 1.36. The molecule has 7 nitrogen and oxygen atoms in total. The number of hydrogen-bond acceptors (Lipinski definition) is 8. The minimum absolute atomic E-state index is 0.0635. The highest BCUT2D eigenvalue weighted by Crippen LogP contribution is 2.38. The Labute approximate surface area is 129 Å². The number of nitrogens with zero attached hydrogens (tertiary/aromatic N) is 3. The number of carbonyl (C=O) groups is 2. The number of esters is 1. The van der Waals surface area contributed by atoms with Gasteiger partial charge in [-0.05, 0) is 6.92 Å². The maximum Gasteiger partial charge on any atom is 0.428 e. The molecule has 12 heteroatoms. The Morgan fingerprint density at radius 1 is 1.41 bits per heavy atom. The molecule has 0 saturated heterocycles. The minimum atomic E-state index is -4.79. The number of aromatic nitrogens is 3. The van der Waals surface area contributed by atoms with E-state index in [2.05, 4.69) is 23.8 Å². The van der Waals surface area contributed by atoms with Gasteiger partial charge in [0.1, 0.15) is 4.88 Å². The van der Waals surface area contributed by atoms with Gasteiger partial charge in [0.15, 0.2) is 16.5 Å². The van der Waals surface area contributed by atoms with Gasteiger partial charge in [0.2, 0.25) is 0 Å². The van der Waals surface area contributed by atoms with Crippen molar-refractivity contribution >= 4 is 40.1 Å². The van der Waals surface area contributed by atoms with Crippen molar-refractivity contribution in [3.63, 3.8) is 0 Å². The number of anilines is 1. The van der Waals surface area contributed by atoms with Crippen LogP contribution in [0.2, 0.25) is 0 Å². The van der Waals surface area contributed by atoms with Gasteiger partial charge in [-0.1, -0.05) is 11.3 Å². The summed E-state index contributed by atoms with van der Waals surface area (Å²) in [6.07, 6.45) is -3.63. The van der Waals surface area contributed by atoms with Crippen LogP contribution in [-0.4, -0.2) is 32.2 Å². The van der Waals surface area contributed by atoms with Crippen LogP contribution in [0.3, 0.4) is 0 Å². The van der Waals surface area contributed by atoms with Crippen molar-refractivity contribution in [2.75, 3.05) is 11.9 Å². The van der Waals surface area contributed by atoms with Gasteiger partial charge in [-0.15, -0.1) is 0 Å². The third kappa shape index (κ3) is 3.57. The SMILES string of the molecule is CCOC(=O)c1nc(NC(=O)c2cnsn2)sc1C(F)(F)F. The number of amides is 1. The van der Waals surface area contributed by atoms with Crippen molar-refractivity contribution in [3.05, 3.63) is 22.5 Å². The number of alkyl halides is 3. The Morgan fingerprint density at radius 2 is 2.14 bits per heavy atom. The molecule has 2 rings (SSSR count). The monoisotopic (exact) mass is 352 g/mol. The van der Waals surface area contributed by atoms with E-state index in [4.69, 9.17) is 0 Å². The predicted molar refractivity (Wildman–Crippen MR) is 70.9 cm³/mol. The van der Waals surface area contributed by atoms with Crippen molar-refractivity contribution < 1.29 is 27.5 Å². The quantitative estimate of drug-likeness (QED) is 0.850. The van der Waals surface area contributed by atoms with Gasteiger partial charge in [0.25, 0.3) is 5.91 Å². The second-order valence-corrected chi connectivity index (χ2v) is 5.22. The first-order valence-electron chi connectivity index (χ1n) is 5.67. The number of nitrogens with one attached hydrogen (secondary N) is 1. The molecule has 0 aromatic carbocycles. The van der Waals surface area contributed by atoms with Crippen LogP contribution in [0.1, 0.15) is 32.8 Å². The Hall–Kier alpha value is -2.08. The van der Waals surface area contributed by atoms with Crippen molar-refractivity contribution in [1.82, 2.24) is 13.7 Å². The molecule has 0 atom stereocenters. The van der Waals surface area contributed by atoms with E-state index in [1.165, 1.54) is 6.92 Å². The summed E-state index contributed by atoms with van der Waals surface area (Å²) >= 11 is 0.903. The molecule has 1 N–H and O–H groups in total. The second-order valence-electron chi connectivity index (χ2n) is 3.66. The molecular weight excluding hydrogens is 345 g/mol. The average Bonchev–Trinajstić information content (AvgIpc) is 3.07. The van der Waals surface area contributed by atoms with Gasteiger partial charge in [0, 0.05) is 0 Å². The summed E-state index contributed by atoms with van der Waals surface area (Å²) in [4.78, 5) is 25.5. The first kappa shape index (κ1) is 16.3. The molecule has 0 spiro atoms. The standard InChI is InChI=1S/C10H7F3N4O3S2/c1-2-20-8(19)5-6(10(11,12)13)21-9(15-5)16-7(18)4-3-14-22-17-4/h3H,2H2,1H3,(H,15,16,18). The molecule has 2 aromatic rings. The number of ether oxygens (including phenoxy) is 1. The number of thiazole rings is 1. The molecule has 0 saturated carbocycles. The van der Waals surface area contributed by atoms with Gasteiger partial charge in [0.05, 0.1) is 24.5 Å². The molecule has 2 aromatic heterocycles. The first-order chi connectivity index (χ1) is 10.3. The van der Waals surface area contributed by atoms with Gasteiger partial charge in [-0.25, -0.2) is 9.78 Å². The van der Waals surface area contributed by atoms with Crippen LogP contribution < -0.4 is 5.32 Å². The summed E-state index contributed by atoms with van der Waals surface area (Å²) in [7, 11) is 0. The van der Waals surface area contributed by atoms with Crippen LogP contribution in [0.4, 0.5) is 18.3 Å². The number of rotatable bonds is 4.